The Kier molecular flexibility index (Phi) is 6.30. The molecule has 5 nitrogen and oxygen atoms in total. The maximum Gasteiger partial charge on any atom is 0.422 e. The zero-order valence-corrected chi connectivity index (χ0v) is 13.4. The molecule has 1 fully saturated rings. The van der Waals surface area contributed by atoms with E-state index in [9.17, 15) is 18.0 Å². The molecule has 0 aromatic heterocycles. The Balaban J connectivity index is 1.83. The zero-order chi connectivity index (χ0) is 17.6. The standard InChI is InChI=1S/C16H21F3N2O3/c1-11-8-13(6-7-23-11)21-15(22)20-9-12-4-2-3-5-14(12)24-10-16(17,18)19/h2-5,11,13H,6-10H2,1H3,(H2,20,21,22)/t11-,13-/m1/s1. The Bertz CT molecular complexity index is 552. The zero-order valence-electron chi connectivity index (χ0n) is 13.4. The van der Waals surface area contributed by atoms with E-state index in [-0.39, 0.29) is 30.5 Å². The van der Waals surface area contributed by atoms with Crippen LogP contribution in [-0.4, -0.2) is 37.6 Å². The van der Waals surface area contributed by atoms with Crippen LogP contribution < -0.4 is 15.4 Å². The molecule has 1 aliphatic heterocycles. The van der Waals surface area contributed by atoms with Crippen LogP contribution in [0.3, 0.4) is 0 Å². The molecule has 2 rings (SSSR count). The summed E-state index contributed by atoms with van der Waals surface area (Å²) in [6.07, 6.45) is -2.83. The molecule has 24 heavy (non-hydrogen) atoms. The molecule has 1 heterocycles. The number of nitrogens with one attached hydrogen (secondary N) is 2. The van der Waals surface area contributed by atoms with Gasteiger partial charge in [0.15, 0.2) is 6.61 Å². The minimum absolute atomic E-state index is 0.0328. The van der Waals surface area contributed by atoms with Gasteiger partial charge in [0.1, 0.15) is 5.75 Å². The lowest BCUT2D eigenvalue weighted by Crippen LogP contribution is -2.45. The Morgan fingerprint density at radius 3 is 2.83 bits per heavy atom. The number of ether oxygens (including phenoxy) is 2. The van der Waals surface area contributed by atoms with E-state index in [0.29, 0.717) is 12.2 Å². The van der Waals surface area contributed by atoms with E-state index in [2.05, 4.69) is 10.6 Å². The largest absolute Gasteiger partial charge is 0.484 e. The molecule has 2 atom stereocenters. The van der Waals surface area contributed by atoms with Crippen molar-refractivity contribution in [3.63, 3.8) is 0 Å². The van der Waals surface area contributed by atoms with Crippen molar-refractivity contribution in [3.05, 3.63) is 29.8 Å². The highest BCUT2D eigenvalue weighted by Crippen LogP contribution is 2.22. The fraction of sp³-hybridized carbons (Fsp3) is 0.562. The van der Waals surface area contributed by atoms with E-state index < -0.39 is 12.8 Å². The maximum absolute atomic E-state index is 12.3. The Morgan fingerprint density at radius 2 is 2.12 bits per heavy atom. The Hall–Kier alpha value is -1.96. The van der Waals surface area contributed by atoms with Crippen molar-refractivity contribution in [2.24, 2.45) is 0 Å². The van der Waals surface area contributed by atoms with Gasteiger partial charge in [-0.2, -0.15) is 13.2 Å². The van der Waals surface area contributed by atoms with Gasteiger partial charge >= 0.3 is 12.2 Å². The summed E-state index contributed by atoms with van der Waals surface area (Å²) >= 11 is 0. The molecule has 0 radical (unpaired) electrons. The first-order chi connectivity index (χ1) is 11.3. The summed E-state index contributed by atoms with van der Waals surface area (Å²) in [6, 6.07) is 5.99. The lowest BCUT2D eigenvalue weighted by molar-refractivity contribution is -0.153. The molecule has 0 spiro atoms. The molecule has 0 aliphatic carbocycles. The predicted octanol–water partition coefficient (Wildman–Crippen LogP) is 2.99. The van der Waals surface area contributed by atoms with Crippen LogP contribution in [0, 0.1) is 0 Å². The van der Waals surface area contributed by atoms with Gasteiger partial charge < -0.3 is 20.1 Å². The third kappa shape index (κ3) is 6.27. The van der Waals surface area contributed by atoms with Gasteiger partial charge in [-0.05, 0) is 25.8 Å². The lowest BCUT2D eigenvalue weighted by Gasteiger charge is -2.28. The number of benzene rings is 1. The first kappa shape index (κ1) is 18.4. The van der Waals surface area contributed by atoms with Crippen LogP contribution in [0.15, 0.2) is 24.3 Å². The molecular formula is C16H21F3N2O3. The molecule has 0 bridgehead atoms. The smallest absolute Gasteiger partial charge is 0.422 e. The van der Waals surface area contributed by atoms with Crippen molar-refractivity contribution < 1.29 is 27.4 Å². The molecule has 1 aromatic carbocycles. The average Bonchev–Trinajstić information content (AvgIpc) is 2.51. The molecular weight excluding hydrogens is 325 g/mol. The molecule has 8 heteroatoms. The van der Waals surface area contributed by atoms with E-state index in [1.807, 2.05) is 6.92 Å². The third-order valence-corrected chi connectivity index (χ3v) is 3.62. The number of carbonyl (C=O) groups excluding carboxylic acids is 1. The maximum atomic E-state index is 12.3. The van der Waals surface area contributed by atoms with E-state index in [0.717, 1.165) is 12.8 Å². The number of halogens is 3. The van der Waals surface area contributed by atoms with Gasteiger partial charge in [0.25, 0.3) is 0 Å². The van der Waals surface area contributed by atoms with Crippen molar-refractivity contribution in [1.29, 1.82) is 0 Å². The van der Waals surface area contributed by atoms with Gasteiger partial charge in [0.2, 0.25) is 0 Å². The fourth-order valence-electron chi connectivity index (χ4n) is 2.49. The highest BCUT2D eigenvalue weighted by molar-refractivity contribution is 5.74. The van der Waals surface area contributed by atoms with Crippen LogP contribution in [0.5, 0.6) is 5.75 Å². The predicted molar refractivity (Wildman–Crippen MR) is 81.8 cm³/mol. The first-order valence-electron chi connectivity index (χ1n) is 7.77. The average molecular weight is 346 g/mol. The van der Waals surface area contributed by atoms with E-state index >= 15 is 0 Å². The Morgan fingerprint density at radius 1 is 1.38 bits per heavy atom. The van der Waals surface area contributed by atoms with Gasteiger partial charge in [-0.3, -0.25) is 0 Å². The molecule has 0 saturated carbocycles. The van der Waals surface area contributed by atoms with Gasteiger partial charge in [-0.15, -0.1) is 0 Å². The lowest BCUT2D eigenvalue weighted by atomic mass is 10.0. The number of rotatable bonds is 5. The second kappa shape index (κ2) is 8.23. The van der Waals surface area contributed by atoms with Crippen molar-refractivity contribution in [1.82, 2.24) is 10.6 Å². The number of para-hydroxylation sites is 1. The van der Waals surface area contributed by atoms with Crippen molar-refractivity contribution in [3.8, 4) is 5.75 Å². The summed E-state index contributed by atoms with van der Waals surface area (Å²) in [7, 11) is 0. The van der Waals surface area contributed by atoms with Crippen molar-refractivity contribution in [2.45, 2.75) is 44.6 Å². The SMILES string of the molecule is C[C@@H]1C[C@H](NC(=O)NCc2ccccc2OCC(F)(F)F)CCO1. The van der Waals surface area contributed by atoms with Crippen LogP contribution in [0.25, 0.3) is 0 Å². The second-order valence-electron chi connectivity index (χ2n) is 5.74. The number of alkyl halides is 3. The number of hydrogen-bond acceptors (Lipinski definition) is 3. The molecule has 2 N–H and O–H groups in total. The summed E-state index contributed by atoms with van der Waals surface area (Å²) in [5, 5.41) is 5.49. The van der Waals surface area contributed by atoms with Gasteiger partial charge in [-0.1, -0.05) is 18.2 Å². The summed E-state index contributed by atoms with van der Waals surface area (Å²) in [4.78, 5) is 11.9. The molecule has 1 aromatic rings. The van der Waals surface area contributed by atoms with Crippen LogP contribution in [0.1, 0.15) is 25.3 Å². The minimum atomic E-state index is -4.41. The topological polar surface area (TPSA) is 59.6 Å². The van der Waals surface area contributed by atoms with Crippen molar-refractivity contribution >= 4 is 6.03 Å². The normalized spacial score (nSPS) is 21.2. The van der Waals surface area contributed by atoms with Crippen LogP contribution in [-0.2, 0) is 11.3 Å². The highest BCUT2D eigenvalue weighted by Gasteiger charge is 2.28. The van der Waals surface area contributed by atoms with Gasteiger partial charge in [0.05, 0.1) is 6.10 Å². The number of amides is 2. The van der Waals surface area contributed by atoms with Gasteiger partial charge in [-0.25, -0.2) is 4.79 Å². The quantitative estimate of drug-likeness (QED) is 0.862. The third-order valence-electron chi connectivity index (χ3n) is 3.62. The highest BCUT2D eigenvalue weighted by atomic mass is 19.4. The number of carbonyl (C=O) groups is 1. The summed E-state index contributed by atoms with van der Waals surface area (Å²) < 4.78 is 47.0. The molecule has 1 saturated heterocycles. The minimum Gasteiger partial charge on any atom is -0.484 e. The summed E-state index contributed by atoms with van der Waals surface area (Å²) in [6.45, 7) is 1.26. The number of urea groups is 1. The fourth-order valence-corrected chi connectivity index (χ4v) is 2.49. The monoisotopic (exact) mass is 346 g/mol. The van der Waals surface area contributed by atoms with E-state index in [1.54, 1.807) is 18.2 Å². The summed E-state index contributed by atoms with van der Waals surface area (Å²) in [5.41, 5.74) is 0.484. The molecule has 2 amide bonds. The molecule has 0 unspecified atom stereocenters. The van der Waals surface area contributed by atoms with Crippen molar-refractivity contribution in [2.75, 3.05) is 13.2 Å². The number of hydrogen-bond donors (Lipinski definition) is 2. The van der Waals surface area contributed by atoms with Gasteiger partial charge in [0, 0.05) is 24.8 Å². The second-order valence-corrected chi connectivity index (χ2v) is 5.74. The van der Waals surface area contributed by atoms with E-state index in [4.69, 9.17) is 9.47 Å². The van der Waals surface area contributed by atoms with Crippen LogP contribution in [0.4, 0.5) is 18.0 Å². The molecule has 1 aliphatic rings. The van der Waals surface area contributed by atoms with E-state index in [1.165, 1.54) is 6.07 Å². The molecule has 134 valence electrons. The Labute approximate surface area is 138 Å². The first-order valence-corrected chi connectivity index (χ1v) is 7.77. The van der Waals surface area contributed by atoms with Crippen LogP contribution >= 0.6 is 0 Å². The van der Waals surface area contributed by atoms with Crippen LogP contribution in [0.2, 0.25) is 0 Å². The summed E-state index contributed by atoms with van der Waals surface area (Å²) in [5.74, 6) is 0.106.